The van der Waals surface area contributed by atoms with Crippen LogP contribution < -0.4 is 10.1 Å². The zero-order chi connectivity index (χ0) is 15.9. The second kappa shape index (κ2) is 8.17. The summed E-state index contributed by atoms with van der Waals surface area (Å²) < 4.78 is 54.5. The Morgan fingerprint density at radius 1 is 1.33 bits per heavy atom. The zero-order valence-corrected chi connectivity index (χ0v) is 12.1. The van der Waals surface area contributed by atoms with Crippen molar-refractivity contribution in [1.82, 2.24) is 10.3 Å². The Morgan fingerprint density at radius 3 is 2.67 bits per heavy atom. The standard InChI is InChI=1S/C14H20F4N2O/c1-10(2)7-19-8-11-6-12(15)9-20-13(11)21-5-3-4-14(16,17)18/h6,9-10,19H,3-5,7-8H2,1-2H3. The lowest BCUT2D eigenvalue weighted by Gasteiger charge is -2.12. The molecule has 0 aliphatic heterocycles. The minimum atomic E-state index is -4.19. The van der Waals surface area contributed by atoms with Gasteiger partial charge in [-0.2, -0.15) is 13.2 Å². The lowest BCUT2D eigenvalue weighted by atomic mass is 10.2. The monoisotopic (exact) mass is 308 g/mol. The van der Waals surface area contributed by atoms with Crippen LogP contribution in [0.1, 0.15) is 32.3 Å². The normalized spacial score (nSPS) is 12.0. The Morgan fingerprint density at radius 2 is 2.05 bits per heavy atom. The summed E-state index contributed by atoms with van der Waals surface area (Å²) in [6.07, 6.45) is -4.26. The minimum absolute atomic E-state index is 0.102. The summed E-state index contributed by atoms with van der Waals surface area (Å²) >= 11 is 0. The molecular weight excluding hydrogens is 288 g/mol. The predicted molar refractivity (Wildman–Crippen MR) is 71.5 cm³/mol. The fraction of sp³-hybridized carbons (Fsp3) is 0.643. The van der Waals surface area contributed by atoms with Crippen LogP contribution in [-0.2, 0) is 6.54 Å². The number of hydrogen-bond donors (Lipinski definition) is 1. The van der Waals surface area contributed by atoms with Gasteiger partial charge in [0.15, 0.2) is 0 Å². The van der Waals surface area contributed by atoms with Crippen LogP contribution in [0, 0.1) is 11.7 Å². The molecular formula is C14H20F4N2O. The van der Waals surface area contributed by atoms with Gasteiger partial charge in [-0.1, -0.05) is 13.8 Å². The molecule has 0 saturated heterocycles. The summed E-state index contributed by atoms with van der Waals surface area (Å²) in [5.74, 6) is 0.108. The Kier molecular flexibility index (Phi) is 6.87. The van der Waals surface area contributed by atoms with Crippen molar-refractivity contribution in [1.29, 1.82) is 0 Å². The van der Waals surface area contributed by atoms with Crippen LogP contribution in [0.25, 0.3) is 0 Å². The first kappa shape index (κ1) is 17.7. The summed E-state index contributed by atoms with van der Waals surface area (Å²) in [6.45, 7) is 5.06. The quantitative estimate of drug-likeness (QED) is 0.587. The van der Waals surface area contributed by atoms with Crippen LogP contribution in [0.3, 0.4) is 0 Å². The molecule has 1 aromatic rings. The Balaban J connectivity index is 2.52. The van der Waals surface area contributed by atoms with E-state index in [1.54, 1.807) is 0 Å². The van der Waals surface area contributed by atoms with E-state index < -0.39 is 18.4 Å². The average Bonchev–Trinajstić information content (AvgIpc) is 2.35. The van der Waals surface area contributed by atoms with Gasteiger partial charge in [0.25, 0.3) is 0 Å². The fourth-order valence-electron chi connectivity index (χ4n) is 1.66. The highest BCUT2D eigenvalue weighted by Gasteiger charge is 2.26. The van der Waals surface area contributed by atoms with Gasteiger partial charge in [-0.15, -0.1) is 0 Å². The van der Waals surface area contributed by atoms with Crippen LogP contribution in [0.15, 0.2) is 12.3 Å². The molecule has 21 heavy (non-hydrogen) atoms. The van der Waals surface area contributed by atoms with Gasteiger partial charge in [0.1, 0.15) is 5.82 Å². The molecule has 1 aromatic heterocycles. The number of halogens is 4. The van der Waals surface area contributed by atoms with Crippen molar-refractivity contribution in [2.45, 2.75) is 39.4 Å². The molecule has 120 valence electrons. The summed E-state index contributed by atoms with van der Waals surface area (Å²) in [5.41, 5.74) is 0.502. The van der Waals surface area contributed by atoms with Gasteiger partial charge in [-0.05, 0) is 24.9 Å². The molecule has 7 heteroatoms. The van der Waals surface area contributed by atoms with E-state index in [0.29, 0.717) is 18.0 Å². The molecule has 0 radical (unpaired) electrons. The molecule has 0 amide bonds. The lowest BCUT2D eigenvalue weighted by Crippen LogP contribution is -2.20. The van der Waals surface area contributed by atoms with Crippen molar-refractivity contribution in [3.63, 3.8) is 0 Å². The smallest absolute Gasteiger partial charge is 0.389 e. The fourth-order valence-corrected chi connectivity index (χ4v) is 1.66. The third-order valence-electron chi connectivity index (χ3n) is 2.60. The maximum atomic E-state index is 13.2. The number of hydrogen-bond acceptors (Lipinski definition) is 3. The van der Waals surface area contributed by atoms with Crippen molar-refractivity contribution >= 4 is 0 Å². The molecule has 1 N–H and O–H groups in total. The number of nitrogens with one attached hydrogen (secondary N) is 1. The topological polar surface area (TPSA) is 34.2 Å². The summed E-state index contributed by atoms with van der Waals surface area (Å²) in [6, 6.07) is 1.28. The molecule has 0 saturated carbocycles. The Labute approximate surface area is 121 Å². The van der Waals surface area contributed by atoms with E-state index in [2.05, 4.69) is 10.3 Å². The highest BCUT2D eigenvalue weighted by Crippen LogP contribution is 2.22. The van der Waals surface area contributed by atoms with E-state index >= 15 is 0 Å². The minimum Gasteiger partial charge on any atom is -0.477 e. The number of aromatic nitrogens is 1. The second-order valence-electron chi connectivity index (χ2n) is 5.21. The van der Waals surface area contributed by atoms with E-state index in [9.17, 15) is 17.6 Å². The first-order valence-corrected chi connectivity index (χ1v) is 6.82. The molecule has 0 aliphatic carbocycles. The molecule has 0 aliphatic rings. The van der Waals surface area contributed by atoms with E-state index in [4.69, 9.17) is 4.74 Å². The third kappa shape index (κ3) is 7.84. The SMILES string of the molecule is CC(C)CNCc1cc(F)cnc1OCCCC(F)(F)F. The summed E-state index contributed by atoms with van der Waals surface area (Å²) in [4.78, 5) is 3.79. The van der Waals surface area contributed by atoms with Crippen LogP contribution in [0.4, 0.5) is 17.6 Å². The average molecular weight is 308 g/mol. The zero-order valence-electron chi connectivity index (χ0n) is 12.1. The Hall–Kier alpha value is -1.37. The summed E-state index contributed by atoms with van der Waals surface area (Å²) in [7, 11) is 0. The largest absolute Gasteiger partial charge is 0.477 e. The van der Waals surface area contributed by atoms with Crippen molar-refractivity contribution in [3.8, 4) is 5.88 Å². The number of nitrogens with zero attached hydrogens (tertiary/aromatic N) is 1. The second-order valence-corrected chi connectivity index (χ2v) is 5.21. The van der Waals surface area contributed by atoms with Gasteiger partial charge in [-0.25, -0.2) is 9.37 Å². The van der Waals surface area contributed by atoms with E-state index in [1.165, 1.54) is 6.07 Å². The maximum absolute atomic E-state index is 13.2. The van der Waals surface area contributed by atoms with Crippen molar-refractivity contribution in [2.75, 3.05) is 13.2 Å². The molecule has 0 fully saturated rings. The van der Waals surface area contributed by atoms with E-state index in [-0.39, 0.29) is 18.9 Å². The van der Waals surface area contributed by atoms with Gasteiger partial charge >= 0.3 is 6.18 Å². The Bertz CT molecular complexity index is 435. The van der Waals surface area contributed by atoms with E-state index in [0.717, 1.165) is 12.7 Å². The molecule has 3 nitrogen and oxygen atoms in total. The van der Waals surface area contributed by atoms with Crippen LogP contribution in [0.5, 0.6) is 5.88 Å². The van der Waals surface area contributed by atoms with Crippen LogP contribution >= 0.6 is 0 Å². The highest BCUT2D eigenvalue weighted by molar-refractivity contribution is 5.26. The highest BCUT2D eigenvalue weighted by atomic mass is 19.4. The molecule has 0 aromatic carbocycles. The third-order valence-corrected chi connectivity index (χ3v) is 2.60. The maximum Gasteiger partial charge on any atom is 0.389 e. The van der Waals surface area contributed by atoms with Gasteiger partial charge in [0.2, 0.25) is 5.88 Å². The first-order chi connectivity index (χ1) is 9.78. The number of ether oxygens (including phenoxy) is 1. The van der Waals surface area contributed by atoms with Crippen LogP contribution in [-0.4, -0.2) is 24.3 Å². The van der Waals surface area contributed by atoms with Crippen molar-refractivity contribution < 1.29 is 22.3 Å². The number of alkyl halides is 3. The van der Waals surface area contributed by atoms with E-state index in [1.807, 2.05) is 13.8 Å². The lowest BCUT2D eigenvalue weighted by molar-refractivity contribution is -0.136. The first-order valence-electron chi connectivity index (χ1n) is 6.82. The molecule has 0 bridgehead atoms. The molecule has 0 unspecified atom stereocenters. The molecule has 1 rings (SSSR count). The van der Waals surface area contributed by atoms with Crippen molar-refractivity contribution in [3.05, 3.63) is 23.6 Å². The molecule has 0 atom stereocenters. The number of pyridine rings is 1. The van der Waals surface area contributed by atoms with Gasteiger partial charge in [0.05, 0.1) is 12.8 Å². The van der Waals surface area contributed by atoms with Gasteiger partial charge < -0.3 is 10.1 Å². The predicted octanol–water partition coefficient (Wildman–Crippen LogP) is 3.69. The summed E-state index contributed by atoms with van der Waals surface area (Å²) in [5, 5.41) is 3.12. The molecule has 1 heterocycles. The van der Waals surface area contributed by atoms with Crippen LogP contribution in [0.2, 0.25) is 0 Å². The van der Waals surface area contributed by atoms with Crippen molar-refractivity contribution in [2.24, 2.45) is 5.92 Å². The van der Waals surface area contributed by atoms with Gasteiger partial charge in [-0.3, -0.25) is 0 Å². The molecule has 0 spiro atoms. The van der Waals surface area contributed by atoms with Gasteiger partial charge in [0, 0.05) is 18.5 Å². The number of rotatable bonds is 8.